The third kappa shape index (κ3) is 3.46. The molecule has 0 atom stereocenters. The zero-order valence-electron chi connectivity index (χ0n) is 12.7. The summed E-state index contributed by atoms with van der Waals surface area (Å²) in [5, 5.41) is 2.89. The molecule has 0 heterocycles. The summed E-state index contributed by atoms with van der Waals surface area (Å²) >= 11 is 0. The van der Waals surface area contributed by atoms with Crippen LogP contribution in [0.2, 0.25) is 0 Å². The van der Waals surface area contributed by atoms with Gasteiger partial charge in [-0.25, -0.2) is 4.39 Å². The maximum Gasteiger partial charge on any atom is 0.255 e. The molecule has 0 radical (unpaired) electrons. The number of nitrogens with one attached hydrogen (secondary N) is 1. The summed E-state index contributed by atoms with van der Waals surface area (Å²) < 4.78 is 13.2. The van der Waals surface area contributed by atoms with Crippen molar-refractivity contribution in [1.29, 1.82) is 0 Å². The van der Waals surface area contributed by atoms with Gasteiger partial charge < -0.3 is 5.32 Å². The SMILES string of the molecule is Cc1cc(F)ccc1-c1cccc(NC(=O)c2ccccc2)c1. The van der Waals surface area contributed by atoms with Gasteiger partial charge in [-0.2, -0.15) is 0 Å². The van der Waals surface area contributed by atoms with Crippen LogP contribution in [0.25, 0.3) is 11.1 Å². The highest BCUT2D eigenvalue weighted by Gasteiger charge is 2.07. The van der Waals surface area contributed by atoms with Gasteiger partial charge in [-0.15, -0.1) is 0 Å². The Labute approximate surface area is 134 Å². The second-order valence-corrected chi connectivity index (χ2v) is 5.36. The Morgan fingerprint density at radius 2 is 1.70 bits per heavy atom. The first-order valence-corrected chi connectivity index (χ1v) is 7.36. The lowest BCUT2D eigenvalue weighted by atomic mass is 10.00. The lowest BCUT2D eigenvalue weighted by molar-refractivity contribution is 0.102. The van der Waals surface area contributed by atoms with E-state index in [4.69, 9.17) is 0 Å². The Hall–Kier alpha value is -2.94. The monoisotopic (exact) mass is 305 g/mol. The van der Waals surface area contributed by atoms with E-state index in [1.807, 2.05) is 49.4 Å². The lowest BCUT2D eigenvalue weighted by Crippen LogP contribution is -2.11. The van der Waals surface area contributed by atoms with Crippen molar-refractivity contribution in [1.82, 2.24) is 0 Å². The second kappa shape index (κ2) is 6.44. The molecular weight excluding hydrogens is 289 g/mol. The zero-order valence-corrected chi connectivity index (χ0v) is 12.7. The molecule has 0 aliphatic carbocycles. The first-order chi connectivity index (χ1) is 11.1. The van der Waals surface area contributed by atoms with Crippen LogP contribution in [0, 0.1) is 12.7 Å². The summed E-state index contributed by atoms with van der Waals surface area (Å²) in [6.45, 7) is 1.87. The summed E-state index contributed by atoms with van der Waals surface area (Å²) in [5.41, 5.74) is 4.06. The van der Waals surface area contributed by atoms with E-state index in [0.717, 1.165) is 16.7 Å². The van der Waals surface area contributed by atoms with Crippen molar-refractivity contribution in [2.75, 3.05) is 5.32 Å². The predicted molar refractivity (Wildman–Crippen MR) is 91.0 cm³/mol. The van der Waals surface area contributed by atoms with Crippen LogP contribution in [-0.4, -0.2) is 5.91 Å². The molecule has 0 saturated carbocycles. The van der Waals surface area contributed by atoms with Crippen LogP contribution in [-0.2, 0) is 0 Å². The molecule has 0 aliphatic heterocycles. The summed E-state index contributed by atoms with van der Waals surface area (Å²) in [6, 6.07) is 21.3. The van der Waals surface area contributed by atoms with Crippen LogP contribution in [0.15, 0.2) is 72.8 Å². The summed E-state index contributed by atoms with van der Waals surface area (Å²) in [7, 11) is 0. The maximum atomic E-state index is 13.2. The molecule has 0 unspecified atom stereocenters. The van der Waals surface area contributed by atoms with Gasteiger partial charge in [-0.3, -0.25) is 4.79 Å². The fourth-order valence-electron chi connectivity index (χ4n) is 2.51. The molecule has 3 aromatic carbocycles. The average molecular weight is 305 g/mol. The van der Waals surface area contributed by atoms with Crippen LogP contribution in [0.4, 0.5) is 10.1 Å². The average Bonchev–Trinajstić information content (AvgIpc) is 2.56. The normalized spacial score (nSPS) is 10.3. The number of carbonyl (C=O) groups excluding carboxylic acids is 1. The van der Waals surface area contributed by atoms with Crippen LogP contribution < -0.4 is 5.32 Å². The van der Waals surface area contributed by atoms with Crippen molar-refractivity contribution < 1.29 is 9.18 Å². The molecular formula is C20H16FNO. The number of hydrogen-bond donors (Lipinski definition) is 1. The molecule has 114 valence electrons. The largest absolute Gasteiger partial charge is 0.322 e. The van der Waals surface area contributed by atoms with E-state index in [0.29, 0.717) is 11.3 Å². The minimum absolute atomic E-state index is 0.154. The molecule has 0 aromatic heterocycles. The predicted octanol–water partition coefficient (Wildman–Crippen LogP) is 5.05. The van der Waals surface area contributed by atoms with Gasteiger partial charge in [0.15, 0.2) is 0 Å². The molecule has 0 fully saturated rings. The topological polar surface area (TPSA) is 29.1 Å². The molecule has 1 amide bonds. The Bertz CT molecular complexity index is 843. The highest BCUT2D eigenvalue weighted by atomic mass is 19.1. The zero-order chi connectivity index (χ0) is 16.2. The quantitative estimate of drug-likeness (QED) is 0.720. The van der Waals surface area contributed by atoms with Crippen molar-refractivity contribution in [3.8, 4) is 11.1 Å². The minimum atomic E-state index is -0.250. The molecule has 23 heavy (non-hydrogen) atoms. The molecule has 0 bridgehead atoms. The molecule has 0 spiro atoms. The second-order valence-electron chi connectivity index (χ2n) is 5.36. The first kappa shape index (κ1) is 15.0. The molecule has 3 heteroatoms. The van der Waals surface area contributed by atoms with Gasteiger partial charge >= 0.3 is 0 Å². The summed E-state index contributed by atoms with van der Waals surface area (Å²) in [6.07, 6.45) is 0. The van der Waals surface area contributed by atoms with Crippen LogP contribution >= 0.6 is 0 Å². The van der Waals surface area contributed by atoms with Gasteiger partial charge in [-0.05, 0) is 60.0 Å². The number of benzene rings is 3. The Balaban J connectivity index is 1.87. The maximum absolute atomic E-state index is 13.2. The highest BCUT2D eigenvalue weighted by Crippen LogP contribution is 2.26. The molecule has 2 nitrogen and oxygen atoms in total. The number of halogens is 1. The van der Waals surface area contributed by atoms with E-state index in [1.165, 1.54) is 12.1 Å². The van der Waals surface area contributed by atoms with Gasteiger partial charge in [0, 0.05) is 11.3 Å². The Morgan fingerprint density at radius 1 is 0.913 bits per heavy atom. The minimum Gasteiger partial charge on any atom is -0.322 e. The van der Waals surface area contributed by atoms with Crippen LogP contribution in [0.3, 0.4) is 0 Å². The number of rotatable bonds is 3. The fraction of sp³-hybridized carbons (Fsp3) is 0.0500. The lowest BCUT2D eigenvalue weighted by Gasteiger charge is -2.10. The number of anilines is 1. The van der Waals surface area contributed by atoms with Crippen LogP contribution in [0.5, 0.6) is 0 Å². The summed E-state index contributed by atoms with van der Waals surface area (Å²) in [4.78, 5) is 12.2. The van der Waals surface area contributed by atoms with E-state index in [2.05, 4.69) is 5.32 Å². The van der Waals surface area contributed by atoms with Gasteiger partial charge in [-0.1, -0.05) is 36.4 Å². The van der Waals surface area contributed by atoms with E-state index in [1.54, 1.807) is 18.2 Å². The number of aryl methyl sites for hydroxylation is 1. The van der Waals surface area contributed by atoms with Crippen molar-refractivity contribution >= 4 is 11.6 Å². The van der Waals surface area contributed by atoms with Gasteiger partial charge in [0.05, 0.1) is 0 Å². The fourth-order valence-corrected chi connectivity index (χ4v) is 2.51. The van der Waals surface area contributed by atoms with E-state index in [9.17, 15) is 9.18 Å². The van der Waals surface area contributed by atoms with Gasteiger partial charge in [0.25, 0.3) is 5.91 Å². The van der Waals surface area contributed by atoms with Crippen molar-refractivity contribution in [2.45, 2.75) is 6.92 Å². The Kier molecular flexibility index (Phi) is 4.20. The van der Waals surface area contributed by atoms with E-state index < -0.39 is 0 Å². The van der Waals surface area contributed by atoms with E-state index in [-0.39, 0.29) is 11.7 Å². The standard InChI is InChI=1S/C20H16FNO/c1-14-12-17(21)10-11-19(14)16-8-5-9-18(13-16)22-20(23)15-6-3-2-4-7-15/h2-13H,1H3,(H,22,23). The molecule has 3 aromatic rings. The number of hydrogen-bond acceptors (Lipinski definition) is 1. The van der Waals surface area contributed by atoms with Crippen molar-refractivity contribution in [2.24, 2.45) is 0 Å². The van der Waals surface area contributed by atoms with Gasteiger partial charge in [0.2, 0.25) is 0 Å². The number of carbonyl (C=O) groups is 1. The smallest absolute Gasteiger partial charge is 0.255 e. The van der Waals surface area contributed by atoms with Crippen molar-refractivity contribution in [3.63, 3.8) is 0 Å². The molecule has 0 aliphatic rings. The highest BCUT2D eigenvalue weighted by molar-refractivity contribution is 6.04. The molecule has 3 rings (SSSR count). The third-order valence-electron chi connectivity index (χ3n) is 3.66. The van der Waals surface area contributed by atoms with E-state index >= 15 is 0 Å². The van der Waals surface area contributed by atoms with Crippen molar-refractivity contribution in [3.05, 3.63) is 89.7 Å². The number of amides is 1. The third-order valence-corrected chi connectivity index (χ3v) is 3.66. The van der Waals surface area contributed by atoms with Gasteiger partial charge in [0.1, 0.15) is 5.82 Å². The molecule has 0 saturated heterocycles. The molecule has 1 N–H and O–H groups in total. The first-order valence-electron chi connectivity index (χ1n) is 7.36. The van der Waals surface area contributed by atoms with Crippen LogP contribution in [0.1, 0.15) is 15.9 Å². The Morgan fingerprint density at radius 3 is 2.43 bits per heavy atom. The summed E-state index contributed by atoms with van der Waals surface area (Å²) in [5.74, 6) is -0.404.